The number of nitrogens with one attached hydrogen (secondary N) is 1. The molecule has 0 fully saturated rings. The summed E-state index contributed by atoms with van der Waals surface area (Å²) in [5.41, 5.74) is 2.89. The molecular formula is C10H7BrN2. The molecule has 2 nitrogen and oxygen atoms in total. The van der Waals surface area contributed by atoms with Crippen LogP contribution in [0.4, 0.5) is 0 Å². The maximum atomic E-state index is 8.77. The van der Waals surface area contributed by atoms with Gasteiger partial charge in [-0.25, -0.2) is 0 Å². The van der Waals surface area contributed by atoms with Crippen LogP contribution in [0, 0.1) is 18.3 Å². The topological polar surface area (TPSA) is 39.6 Å². The van der Waals surface area contributed by atoms with Crippen LogP contribution in [0.5, 0.6) is 0 Å². The maximum Gasteiger partial charge on any atom is 0.0992 e. The Morgan fingerprint density at radius 2 is 2.23 bits per heavy atom. The molecule has 0 aliphatic rings. The van der Waals surface area contributed by atoms with E-state index in [1.54, 1.807) is 0 Å². The highest BCUT2D eigenvalue weighted by Crippen LogP contribution is 2.26. The molecule has 3 heteroatoms. The zero-order valence-electron chi connectivity index (χ0n) is 7.06. The lowest BCUT2D eigenvalue weighted by molar-refractivity contribution is 1.42. The normalized spacial score (nSPS) is 10.2. The van der Waals surface area contributed by atoms with E-state index in [0.29, 0.717) is 5.56 Å². The molecule has 0 amide bonds. The maximum absolute atomic E-state index is 8.77. The first-order chi connectivity index (χ1) is 6.22. The first-order valence-electron chi connectivity index (χ1n) is 3.89. The summed E-state index contributed by atoms with van der Waals surface area (Å²) in [6.45, 7) is 2.02. The number of nitrogens with zero attached hydrogens (tertiary/aromatic N) is 1. The first-order valence-corrected chi connectivity index (χ1v) is 4.69. The Labute approximate surface area is 84.3 Å². The van der Waals surface area contributed by atoms with Gasteiger partial charge in [-0.3, -0.25) is 0 Å². The van der Waals surface area contributed by atoms with Crippen molar-refractivity contribution < 1.29 is 0 Å². The number of benzene rings is 1. The van der Waals surface area contributed by atoms with E-state index in [-0.39, 0.29) is 0 Å². The van der Waals surface area contributed by atoms with Crippen LogP contribution >= 0.6 is 15.9 Å². The van der Waals surface area contributed by atoms with Crippen molar-refractivity contribution in [3.8, 4) is 6.07 Å². The van der Waals surface area contributed by atoms with Crippen molar-refractivity contribution in [2.24, 2.45) is 0 Å². The van der Waals surface area contributed by atoms with Crippen LogP contribution in [0.15, 0.2) is 22.8 Å². The van der Waals surface area contributed by atoms with Crippen LogP contribution in [0.1, 0.15) is 11.1 Å². The zero-order valence-corrected chi connectivity index (χ0v) is 8.64. The fraction of sp³-hybridized carbons (Fsp3) is 0.100. The lowest BCUT2D eigenvalue weighted by Gasteiger charge is -1.96. The molecule has 64 valence electrons. The van der Waals surface area contributed by atoms with Crippen molar-refractivity contribution in [3.05, 3.63) is 33.9 Å². The molecule has 1 N–H and O–H groups in total. The molecular weight excluding hydrogens is 228 g/mol. The molecule has 1 aromatic carbocycles. The number of H-pyrrole nitrogens is 1. The van der Waals surface area contributed by atoms with Crippen LogP contribution in [0.2, 0.25) is 0 Å². The Hall–Kier alpha value is -1.27. The van der Waals surface area contributed by atoms with Crippen LogP contribution in [0.3, 0.4) is 0 Å². The number of nitriles is 1. The third-order valence-corrected chi connectivity index (χ3v) is 2.70. The van der Waals surface area contributed by atoms with E-state index >= 15 is 0 Å². The average Bonchev–Trinajstić information content (AvgIpc) is 2.48. The highest BCUT2D eigenvalue weighted by atomic mass is 79.9. The summed E-state index contributed by atoms with van der Waals surface area (Å²) < 4.78 is 0.939. The van der Waals surface area contributed by atoms with Crippen LogP contribution < -0.4 is 0 Å². The van der Waals surface area contributed by atoms with Gasteiger partial charge in [-0.1, -0.05) is 0 Å². The second kappa shape index (κ2) is 2.90. The number of aromatic nitrogens is 1. The molecule has 2 rings (SSSR count). The Morgan fingerprint density at radius 1 is 1.46 bits per heavy atom. The van der Waals surface area contributed by atoms with E-state index in [1.807, 2.05) is 25.3 Å². The summed E-state index contributed by atoms with van der Waals surface area (Å²) in [7, 11) is 0. The smallest absolute Gasteiger partial charge is 0.0992 e. The number of fused-ring (bicyclic) bond motifs is 1. The SMILES string of the molecule is Cc1c[nH]c2c(Br)cc(C#N)cc12. The van der Waals surface area contributed by atoms with E-state index < -0.39 is 0 Å². The Bertz CT molecular complexity index is 505. The molecule has 0 saturated carbocycles. The van der Waals surface area contributed by atoms with Gasteiger partial charge in [0.15, 0.2) is 0 Å². The van der Waals surface area contributed by atoms with Gasteiger partial charge in [0.05, 0.1) is 17.1 Å². The first kappa shape index (κ1) is 8.33. The monoisotopic (exact) mass is 234 g/mol. The van der Waals surface area contributed by atoms with Gasteiger partial charge in [0.25, 0.3) is 0 Å². The third-order valence-electron chi connectivity index (χ3n) is 2.08. The highest BCUT2D eigenvalue weighted by Gasteiger charge is 2.04. The average molecular weight is 235 g/mol. The Morgan fingerprint density at radius 3 is 2.92 bits per heavy atom. The fourth-order valence-electron chi connectivity index (χ4n) is 1.39. The highest BCUT2D eigenvalue weighted by molar-refractivity contribution is 9.10. The molecule has 2 aromatic rings. The van der Waals surface area contributed by atoms with Gasteiger partial charge in [0, 0.05) is 16.1 Å². The van der Waals surface area contributed by atoms with Crippen molar-refractivity contribution in [2.75, 3.05) is 0 Å². The summed E-state index contributed by atoms with van der Waals surface area (Å²) >= 11 is 3.42. The van der Waals surface area contributed by atoms with Gasteiger partial charge >= 0.3 is 0 Å². The van der Waals surface area contributed by atoms with E-state index in [9.17, 15) is 0 Å². The molecule has 0 unspecified atom stereocenters. The van der Waals surface area contributed by atoms with E-state index in [1.165, 1.54) is 0 Å². The molecule has 13 heavy (non-hydrogen) atoms. The zero-order chi connectivity index (χ0) is 9.42. The van der Waals surface area contributed by atoms with Crippen LogP contribution in [0.25, 0.3) is 10.9 Å². The Kier molecular flexibility index (Phi) is 1.86. The molecule has 0 saturated heterocycles. The second-order valence-corrected chi connectivity index (χ2v) is 3.82. The number of hydrogen-bond donors (Lipinski definition) is 1. The predicted molar refractivity (Wildman–Crippen MR) is 55.5 cm³/mol. The van der Waals surface area contributed by atoms with Crippen molar-refractivity contribution in [3.63, 3.8) is 0 Å². The summed E-state index contributed by atoms with van der Waals surface area (Å²) in [4.78, 5) is 3.15. The summed E-state index contributed by atoms with van der Waals surface area (Å²) in [5, 5.41) is 9.87. The minimum atomic E-state index is 0.682. The van der Waals surface area contributed by atoms with Crippen molar-refractivity contribution in [1.82, 2.24) is 4.98 Å². The molecule has 1 heterocycles. The summed E-state index contributed by atoms with van der Waals surface area (Å²) in [6, 6.07) is 5.85. The lowest BCUT2D eigenvalue weighted by Crippen LogP contribution is -1.77. The Balaban J connectivity index is 2.90. The fourth-order valence-corrected chi connectivity index (χ4v) is 1.96. The van der Waals surface area contributed by atoms with Crippen LogP contribution in [-0.2, 0) is 0 Å². The minimum Gasteiger partial charge on any atom is -0.360 e. The molecule has 1 aromatic heterocycles. The summed E-state index contributed by atoms with van der Waals surface area (Å²) in [5.74, 6) is 0. The number of aryl methyl sites for hydroxylation is 1. The minimum absolute atomic E-state index is 0.682. The predicted octanol–water partition coefficient (Wildman–Crippen LogP) is 3.11. The molecule has 0 radical (unpaired) electrons. The quantitative estimate of drug-likeness (QED) is 0.748. The standard InChI is InChI=1S/C10H7BrN2/c1-6-5-13-10-8(6)2-7(4-12)3-9(10)11/h2-3,5,13H,1H3. The third kappa shape index (κ3) is 1.24. The van der Waals surface area contributed by atoms with Crippen molar-refractivity contribution in [1.29, 1.82) is 5.26 Å². The number of halogens is 1. The van der Waals surface area contributed by atoms with Gasteiger partial charge < -0.3 is 4.98 Å². The van der Waals surface area contributed by atoms with Gasteiger partial charge in [-0.2, -0.15) is 5.26 Å². The van der Waals surface area contributed by atoms with Gasteiger partial charge in [0.1, 0.15) is 0 Å². The molecule has 0 spiro atoms. The molecule has 0 aliphatic heterocycles. The van der Waals surface area contributed by atoms with Crippen molar-refractivity contribution in [2.45, 2.75) is 6.92 Å². The van der Waals surface area contributed by atoms with Gasteiger partial charge in [-0.05, 0) is 40.5 Å². The van der Waals surface area contributed by atoms with E-state index in [0.717, 1.165) is 20.9 Å². The van der Waals surface area contributed by atoms with Crippen LogP contribution in [-0.4, -0.2) is 4.98 Å². The van der Waals surface area contributed by atoms with E-state index in [4.69, 9.17) is 5.26 Å². The second-order valence-electron chi connectivity index (χ2n) is 2.96. The number of rotatable bonds is 0. The molecule has 0 aliphatic carbocycles. The largest absolute Gasteiger partial charge is 0.360 e. The van der Waals surface area contributed by atoms with Gasteiger partial charge in [-0.15, -0.1) is 0 Å². The molecule has 0 bridgehead atoms. The van der Waals surface area contributed by atoms with E-state index in [2.05, 4.69) is 27.0 Å². The molecule has 0 atom stereocenters. The number of hydrogen-bond acceptors (Lipinski definition) is 1. The number of aromatic amines is 1. The van der Waals surface area contributed by atoms with Crippen molar-refractivity contribution >= 4 is 26.8 Å². The lowest BCUT2D eigenvalue weighted by atomic mass is 10.1. The van der Waals surface area contributed by atoms with Gasteiger partial charge in [0.2, 0.25) is 0 Å². The summed E-state index contributed by atoms with van der Waals surface area (Å²) in [6.07, 6.45) is 1.94.